The minimum absolute atomic E-state index is 0.00334. The topological polar surface area (TPSA) is 49.0 Å². The lowest BCUT2D eigenvalue weighted by Crippen LogP contribution is -2.32. The van der Waals surface area contributed by atoms with Crippen molar-refractivity contribution in [3.63, 3.8) is 0 Å². The van der Waals surface area contributed by atoms with E-state index in [0.29, 0.717) is 23.2 Å². The molecule has 4 rings (SSSR count). The van der Waals surface area contributed by atoms with Crippen LogP contribution >= 0.6 is 27.5 Å². The standard InChI is InChI=1S/C21H19BrClN3O/c1-12(2)11-26-20(14-4-3-5-15(22)10-14)17-18(24-25-19(17)21(26)27)13-6-8-16(23)9-7-13/h3-10,12,20H,11H2,1-2H3,(H,24,25). The highest BCUT2D eigenvalue weighted by Gasteiger charge is 2.42. The highest BCUT2D eigenvalue weighted by Crippen LogP contribution is 2.43. The zero-order chi connectivity index (χ0) is 19.1. The molecule has 6 heteroatoms. The Morgan fingerprint density at radius 3 is 2.63 bits per heavy atom. The van der Waals surface area contributed by atoms with Crippen LogP contribution in [0.4, 0.5) is 0 Å². The first-order valence-electron chi connectivity index (χ1n) is 8.86. The number of benzene rings is 2. The number of hydrogen-bond acceptors (Lipinski definition) is 2. The largest absolute Gasteiger partial charge is 0.326 e. The first kappa shape index (κ1) is 18.3. The number of aromatic nitrogens is 2. The monoisotopic (exact) mass is 443 g/mol. The lowest BCUT2D eigenvalue weighted by molar-refractivity contribution is 0.0722. The van der Waals surface area contributed by atoms with Gasteiger partial charge in [0.05, 0.1) is 11.7 Å². The van der Waals surface area contributed by atoms with E-state index in [1.54, 1.807) is 0 Å². The molecule has 1 aromatic heterocycles. The third-order valence-electron chi connectivity index (χ3n) is 4.71. The van der Waals surface area contributed by atoms with Crippen molar-refractivity contribution in [1.29, 1.82) is 0 Å². The Bertz CT molecular complexity index is 997. The summed E-state index contributed by atoms with van der Waals surface area (Å²) in [5.74, 6) is 0.357. The Morgan fingerprint density at radius 1 is 1.22 bits per heavy atom. The molecule has 2 aromatic carbocycles. The molecule has 0 saturated heterocycles. The van der Waals surface area contributed by atoms with E-state index < -0.39 is 0 Å². The van der Waals surface area contributed by atoms with Gasteiger partial charge in [-0.05, 0) is 35.7 Å². The van der Waals surface area contributed by atoms with Crippen LogP contribution in [0.15, 0.2) is 53.0 Å². The Morgan fingerprint density at radius 2 is 1.96 bits per heavy atom. The SMILES string of the molecule is CC(C)CN1C(=O)c2[nH]nc(-c3ccc(Cl)cc3)c2C1c1cccc(Br)c1. The molecule has 2 heterocycles. The van der Waals surface area contributed by atoms with E-state index in [9.17, 15) is 4.79 Å². The zero-order valence-corrected chi connectivity index (χ0v) is 17.4. The summed E-state index contributed by atoms with van der Waals surface area (Å²) in [7, 11) is 0. The van der Waals surface area contributed by atoms with Gasteiger partial charge in [-0.2, -0.15) is 5.10 Å². The molecule has 27 heavy (non-hydrogen) atoms. The normalized spacial score (nSPS) is 16.3. The summed E-state index contributed by atoms with van der Waals surface area (Å²) in [6.45, 7) is 4.92. The maximum atomic E-state index is 13.1. The molecular formula is C21H19BrClN3O. The van der Waals surface area contributed by atoms with Crippen LogP contribution in [0.3, 0.4) is 0 Å². The van der Waals surface area contributed by atoms with Gasteiger partial charge >= 0.3 is 0 Å². The van der Waals surface area contributed by atoms with Gasteiger partial charge in [0, 0.05) is 27.2 Å². The Hall–Kier alpha value is -2.11. The van der Waals surface area contributed by atoms with Gasteiger partial charge in [-0.3, -0.25) is 9.89 Å². The zero-order valence-electron chi connectivity index (χ0n) is 15.0. The van der Waals surface area contributed by atoms with Gasteiger partial charge in [0.25, 0.3) is 5.91 Å². The number of fused-ring (bicyclic) bond motifs is 1. The number of carbonyl (C=O) groups is 1. The number of aromatic amines is 1. The van der Waals surface area contributed by atoms with Crippen molar-refractivity contribution < 1.29 is 4.79 Å². The molecule has 0 spiro atoms. The number of rotatable bonds is 4. The minimum Gasteiger partial charge on any atom is -0.326 e. The quantitative estimate of drug-likeness (QED) is 0.561. The molecule has 0 radical (unpaired) electrons. The van der Waals surface area contributed by atoms with Gasteiger partial charge in [-0.25, -0.2) is 0 Å². The number of nitrogens with zero attached hydrogens (tertiary/aromatic N) is 2. The molecule has 0 saturated carbocycles. The maximum absolute atomic E-state index is 13.1. The summed E-state index contributed by atoms with van der Waals surface area (Å²) in [5.41, 5.74) is 4.31. The predicted molar refractivity (Wildman–Crippen MR) is 111 cm³/mol. The summed E-state index contributed by atoms with van der Waals surface area (Å²) in [5, 5.41) is 8.13. The minimum atomic E-state index is -0.170. The van der Waals surface area contributed by atoms with Crippen LogP contribution < -0.4 is 0 Å². The summed E-state index contributed by atoms with van der Waals surface area (Å²) >= 11 is 9.60. The number of amides is 1. The van der Waals surface area contributed by atoms with Gasteiger partial charge in [0.2, 0.25) is 0 Å². The molecule has 1 N–H and O–H groups in total. The Labute approximate surface area is 171 Å². The second-order valence-corrected chi connectivity index (χ2v) is 8.53. The Kier molecular flexibility index (Phi) is 4.82. The van der Waals surface area contributed by atoms with Crippen LogP contribution in [0, 0.1) is 5.92 Å². The number of halogens is 2. The molecule has 138 valence electrons. The molecule has 1 aliphatic heterocycles. The molecule has 1 amide bonds. The van der Waals surface area contributed by atoms with Gasteiger partial charge in [-0.15, -0.1) is 0 Å². The van der Waals surface area contributed by atoms with Crippen molar-refractivity contribution in [1.82, 2.24) is 15.1 Å². The van der Waals surface area contributed by atoms with E-state index in [1.807, 2.05) is 41.3 Å². The highest BCUT2D eigenvalue weighted by atomic mass is 79.9. The first-order chi connectivity index (χ1) is 13.0. The van der Waals surface area contributed by atoms with Crippen LogP contribution in [-0.2, 0) is 0 Å². The predicted octanol–water partition coefficient (Wildman–Crippen LogP) is 5.69. The van der Waals surface area contributed by atoms with E-state index in [2.05, 4.69) is 52.1 Å². The van der Waals surface area contributed by atoms with Crippen LogP contribution in [0.2, 0.25) is 5.02 Å². The molecule has 3 aromatic rings. The van der Waals surface area contributed by atoms with Crippen molar-refractivity contribution >= 4 is 33.4 Å². The maximum Gasteiger partial charge on any atom is 0.273 e. The van der Waals surface area contributed by atoms with E-state index >= 15 is 0 Å². The fraction of sp³-hybridized carbons (Fsp3) is 0.238. The summed E-state index contributed by atoms with van der Waals surface area (Å²) in [6, 6.07) is 15.5. The molecule has 0 fully saturated rings. The van der Waals surface area contributed by atoms with E-state index in [4.69, 9.17) is 11.6 Å². The summed E-state index contributed by atoms with van der Waals surface area (Å²) < 4.78 is 0.988. The van der Waals surface area contributed by atoms with E-state index in [-0.39, 0.29) is 11.9 Å². The van der Waals surface area contributed by atoms with E-state index in [0.717, 1.165) is 26.9 Å². The average Bonchev–Trinajstić information content (AvgIpc) is 3.15. The lowest BCUT2D eigenvalue weighted by atomic mass is 9.96. The molecule has 1 atom stereocenters. The molecule has 0 aliphatic carbocycles. The van der Waals surface area contributed by atoms with Gasteiger partial charge < -0.3 is 4.90 Å². The summed E-state index contributed by atoms with van der Waals surface area (Å²) in [6.07, 6.45) is 0. The number of H-pyrrole nitrogens is 1. The van der Waals surface area contributed by atoms with Crippen molar-refractivity contribution in [3.8, 4) is 11.3 Å². The second kappa shape index (κ2) is 7.13. The number of hydrogen-bond donors (Lipinski definition) is 1. The molecule has 4 nitrogen and oxygen atoms in total. The van der Waals surface area contributed by atoms with E-state index in [1.165, 1.54) is 0 Å². The highest BCUT2D eigenvalue weighted by molar-refractivity contribution is 9.10. The molecular weight excluding hydrogens is 426 g/mol. The van der Waals surface area contributed by atoms with Gasteiger partial charge in [-0.1, -0.05) is 65.6 Å². The van der Waals surface area contributed by atoms with Crippen molar-refractivity contribution in [2.45, 2.75) is 19.9 Å². The number of nitrogens with one attached hydrogen (secondary N) is 1. The Balaban J connectivity index is 1.89. The fourth-order valence-electron chi connectivity index (χ4n) is 3.63. The van der Waals surface area contributed by atoms with Crippen LogP contribution in [0.1, 0.15) is 41.5 Å². The third-order valence-corrected chi connectivity index (χ3v) is 5.45. The van der Waals surface area contributed by atoms with Crippen molar-refractivity contribution in [2.24, 2.45) is 5.92 Å². The lowest BCUT2D eigenvalue weighted by Gasteiger charge is -2.28. The smallest absolute Gasteiger partial charge is 0.273 e. The first-order valence-corrected chi connectivity index (χ1v) is 10.0. The van der Waals surface area contributed by atoms with Crippen LogP contribution in [-0.4, -0.2) is 27.5 Å². The van der Waals surface area contributed by atoms with Gasteiger partial charge in [0.1, 0.15) is 5.69 Å². The fourth-order valence-corrected chi connectivity index (χ4v) is 4.17. The van der Waals surface area contributed by atoms with Crippen molar-refractivity contribution in [2.75, 3.05) is 6.54 Å². The van der Waals surface area contributed by atoms with Crippen LogP contribution in [0.25, 0.3) is 11.3 Å². The second-order valence-electron chi connectivity index (χ2n) is 7.18. The molecule has 0 bridgehead atoms. The van der Waals surface area contributed by atoms with Crippen molar-refractivity contribution in [3.05, 3.63) is 74.8 Å². The summed E-state index contributed by atoms with van der Waals surface area (Å²) in [4.78, 5) is 15.1. The van der Waals surface area contributed by atoms with Gasteiger partial charge in [0.15, 0.2) is 0 Å². The number of carbonyl (C=O) groups excluding carboxylic acids is 1. The third kappa shape index (κ3) is 3.30. The van der Waals surface area contributed by atoms with Crippen LogP contribution in [0.5, 0.6) is 0 Å². The molecule has 1 unspecified atom stereocenters. The molecule has 1 aliphatic rings. The average molecular weight is 445 g/mol.